The number of nitro groups is 1. The third kappa shape index (κ3) is 5.33. The second-order valence-electron chi connectivity index (χ2n) is 3.89. The monoisotopic (exact) mass is 297 g/mol. The Morgan fingerprint density at radius 3 is 1.64 bits per heavy atom. The van der Waals surface area contributed by atoms with Crippen LogP contribution in [-0.2, 0) is 0 Å². The first kappa shape index (κ1) is 15.0. The molecule has 0 aliphatic rings. The van der Waals surface area contributed by atoms with Gasteiger partial charge in [-0.3, -0.25) is 0 Å². The molecule has 0 bridgehead atoms. The predicted octanol–water partition coefficient (Wildman–Crippen LogP) is 4.48. The third-order valence-corrected chi connectivity index (χ3v) is 2.29. The Morgan fingerprint density at radius 1 is 0.773 bits per heavy atom. The highest BCUT2D eigenvalue weighted by molar-refractivity contribution is 5.35. The van der Waals surface area contributed by atoms with E-state index in [-0.39, 0.29) is 0 Å². The first-order chi connectivity index (χ1) is 10.7. The van der Waals surface area contributed by atoms with Crippen LogP contribution in [0.15, 0.2) is 91.5 Å². The molecule has 0 heterocycles. The van der Waals surface area contributed by atoms with Crippen LogP contribution in [-0.4, -0.2) is 11.3 Å². The average Bonchev–Trinajstić information content (AvgIpc) is 2.56. The Kier molecular flexibility index (Phi) is 5.50. The van der Waals surface area contributed by atoms with Crippen LogP contribution >= 0.6 is 0 Å². The average molecular weight is 297 g/mol. The molecule has 0 spiro atoms. The molecule has 2 rings (SSSR count). The molecular weight excluding hydrogens is 286 g/mol. The number of nitrogens with zero attached hydrogens (tertiary/aromatic N) is 7. The molecule has 9 heteroatoms. The van der Waals surface area contributed by atoms with Gasteiger partial charge in [0, 0.05) is 0 Å². The smallest absolute Gasteiger partial charge is 0.337 e. The minimum atomic E-state index is -1.22. The summed E-state index contributed by atoms with van der Waals surface area (Å²) in [4.78, 5) is 10.3. The van der Waals surface area contributed by atoms with Gasteiger partial charge in [-0.15, -0.1) is 20.5 Å². The SMILES string of the molecule is O=[N+]([O-])N=NC(N=Nc1ccccc1)N=Nc1ccccc1. The van der Waals surface area contributed by atoms with Gasteiger partial charge >= 0.3 is 6.29 Å². The van der Waals surface area contributed by atoms with Crippen molar-refractivity contribution in [1.29, 1.82) is 0 Å². The number of benzene rings is 2. The first-order valence-electron chi connectivity index (χ1n) is 6.21. The van der Waals surface area contributed by atoms with Gasteiger partial charge in [-0.1, -0.05) is 36.4 Å². The second kappa shape index (κ2) is 8.04. The summed E-state index contributed by atoms with van der Waals surface area (Å²) < 4.78 is 0. The van der Waals surface area contributed by atoms with Crippen LogP contribution in [0.2, 0.25) is 0 Å². The molecule has 110 valence electrons. The van der Waals surface area contributed by atoms with Gasteiger partial charge in [0.25, 0.3) is 0 Å². The Bertz CT molecular complexity index is 637. The van der Waals surface area contributed by atoms with E-state index in [2.05, 4.69) is 30.8 Å². The molecule has 0 saturated carbocycles. The van der Waals surface area contributed by atoms with Crippen LogP contribution in [0.1, 0.15) is 0 Å². The highest BCUT2D eigenvalue weighted by Gasteiger charge is 2.10. The highest BCUT2D eigenvalue weighted by atomic mass is 16.7. The lowest BCUT2D eigenvalue weighted by Gasteiger charge is -1.93. The third-order valence-electron chi connectivity index (χ3n) is 2.29. The van der Waals surface area contributed by atoms with Crippen molar-refractivity contribution >= 4 is 11.4 Å². The van der Waals surface area contributed by atoms with E-state index in [0.717, 1.165) is 0 Å². The fourth-order valence-corrected chi connectivity index (χ4v) is 1.38. The van der Waals surface area contributed by atoms with Crippen LogP contribution < -0.4 is 0 Å². The predicted molar refractivity (Wildman–Crippen MR) is 77.6 cm³/mol. The largest absolute Gasteiger partial charge is 0.386 e. The molecule has 0 atom stereocenters. The van der Waals surface area contributed by atoms with Crippen molar-refractivity contribution < 1.29 is 5.03 Å². The normalized spacial score (nSPS) is 13.1. The Hall–Kier alpha value is -3.36. The Morgan fingerprint density at radius 2 is 1.23 bits per heavy atom. The van der Waals surface area contributed by atoms with Crippen molar-refractivity contribution in [1.82, 2.24) is 0 Å². The van der Waals surface area contributed by atoms with Crippen molar-refractivity contribution in [2.45, 2.75) is 6.29 Å². The zero-order valence-electron chi connectivity index (χ0n) is 11.3. The molecule has 0 aromatic heterocycles. The topological polar surface area (TPSA) is 117 Å². The van der Waals surface area contributed by atoms with Gasteiger partial charge in [0.2, 0.25) is 0 Å². The van der Waals surface area contributed by atoms with Crippen molar-refractivity contribution in [3.05, 3.63) is 70.8 Å². The highest BCUT2D eigenvalue weighted by Crippen LogP contribution is 2.15. The maximum atomic E-state index is 10.3. The van der Waals surface area contributed by atoms with Gasteiger partial charge in [-0.05, 0) is 24.3 Å². The molecule has 0 unspecified atom stereocenters. The molecule has 9 nitrogen and oxygen atoms in total. The fourth-order valence-electron chi connectivity index (χ4n) is 1.38. The first-order valence-corrected chi connectivity index (χ1v) is 6.21. The molecule has 0 aliphatic heterocycles. The fraction of sp³-hybridized carbons (Fsp3) is 0.0769. The lowest BCUT2D eigenvalue weighted by Crippen LogP contribution is -1.94. The summed E-state index contributed by atoms with van der Waals surface area (Å²) in [7, 11) is 0. The van der Waals surface area contributed by atoms with Gasteiger partial charge < -0.3 is 10.1 Å². The maximum absolute atomic E-state index is 10.3. The summed E-state index contributed by atoms with van der Waals surface area (Å²) in [5.74, 6) is 0. The number of hydrogen-bond acceptors (Lipinski definition) is 7. The molecule has 0 fully saturated rings. The summed E-state index contributed by atoms with van der Waals surface area (Å²) in [6.07, 6.45) is -1.22. The van der Waals surface area contributed by atoms with E-state index in [1.54, 1.807) is 48.5 Å². The van der Waals surface area contributed by atoms with Gasteiger partial charge in [0.1, 0.15) is 0 Å². The summed E-state index contributed by atoms with van der Waals surface area (Å²) >= 11 is 0. The van der Waals surface area contributed by atoms with Crippen molar-refractivity contribution in [3.8, 4) is 0 Å². The van der Waals surface area contributed by atoms with Gasteiger partial charge in [-0.25, -0.2) is 0 Å². The van der Waals surface area contributed by atoms with E-state index in [4.69, 9.17) is 0 Å². The van der Waals surface area contributed by atoms with E-state index in [1.807, 2.05) is 12.1 Å². The number of azo groups is 2. The minimum absolute atomic E-state index is 0.568. The zero-order chi connectivity index (χ0) is 15.6. The van der Waals surface area contributed by atoms with Gasteiger partial charge in [0.15, 0.2) is 5.22 Å². The van der Waals surface area contributed by atoms with Crippen LogP contribution in [0.4, 0.5) is 11.4 Å². The maximum Gasteiger partial charge on any atom is 0.386 e. The Balaban J connectivity index is 2.14. The van der Waals surface area contributed by atoms with Crippen LogP contribution in [0.5, 0.6) is 0 Å². The molecule has 2 aromatic carbocycles. The summed E-state index contributed by atoms with van der Waals surface area (Å²) in [5.41, 5.74) is 1.14. The molecule has 0 N–H and O–H groups in total. The van der Waals surface area contributed by atoms with E-state index in [0.29, 0.717) is 11.4 Å². The molecule has 2 aromatic rings. The minimum Gasteiger partial charge on any atom is -0.337 e. The number of hydrogen-bond donors (Lipinski definition) is 0. The molecular formula is C13H11N7O2. The van der Waals surface area contributed by atoms with Gasteiger partial charge in [-0.2, -0.15) is 0 Å². The number of rotatable bonds is 6. The lowest BCUT2D eigenvalue weighted by molar-refractivity contribution is -0.495. The van der Waals surface area contributed by atoms with Crippen molar-refractivity contribution in [2.24, 2.45) is 30.8 Å². The molecule has 0 radical (unpaired) electrons. The lowest BCUT2D eigenvalue weighted by atomic mass is 10.3. The van der Waals surface area contributed by atoms with Crippen molar-refractivity contribution in [2.75, 3.05) is 0 Å². The van der Waals surface area contributed by atoms with E-state index < -0.39 is 11.3 Å². The van der Waals surface area contributed by atoms with Crippen LogP contribution in [0.3, 0.4) is 0 Å². The summed E-state index contributed by atoms with van der Waals surface area (Å²) in [5, 5.41) is 30.8. The van der Waals surface area contributed by atoms with E-state index in [1.165, 1.54) is 0 Å². The van der Waals surface area contributed by atoms with Crippen LogP contribution in [0, 0.1) is 10.1 Å². The molecule has 22 heavy (non-hydrogen) atoms. The quantitative estimate of drug-likeness (QED) is 0.444. The zero-order valence-corrected chi connectivity index (χ0v) is 11.3. The molecule has 0 saturated heterocycles. The van der Waals surface area contributed by atoms with E-state index >= 15 is 0 Å². The second-order valence-corrected chi connectivity index (χ2v) is 3.89. The van der Waals surface area contributed by atoms with E-state index in [9.17, 15) is 10.1 Å². The standard InChI is InChI=1S/C13H11N7O2/c21-20(22)19-18-13(16-14-11-7-3-1-4-8-11)17-15-12-9-5-2-6-10-12/h1-10,13H. The Labute approximate surface area is 125 Å². The molecule has 0 aliphatic carbocycles. The summed E-state index contributed by atoms with van der Waals surface area (Å²) in [6.45, 7) is 0. The molecule has 0 amide bonds. The summed E-state index contributed by atoms with van der Waals surface area (Å²) in [6, 6.07) is 17.7. The van der Waals surface area contributed by atoms with Crippen LogP contribution in [0.25, 0.3) is 0 Å². The van der Waals surface area contributed by atoms with Crippen molar-refractivity contribution in [3.63, 3.8) is 0 Å². The van der Waals surface area contributed by atoms with Gasteiger partial charge in [0.05, 0.1) is 21.5 Å².